The molecule has 4 rings (SSSR count). The lowest BCUT2D eigenvalue weighted by molar-refractivity contribution is 0.177. The van der Waals surface area contributed by atoms with Crippen molar-refractivity contribution in [1.29, 1.82) is 0 Å². The van der Waals surface area contributed by atoms with Crippen LogP contribution in [0.1, 0.15) is 5.69 Å². The van der Waals surface area contributed by atoms with Gasteiger partial charge in [-0.25, -0.2) is 0 Å². The van der Waals surface area contributed by atoms with E-state index < -0.39 is 0 Å². The lowest BCUT2D eigenvalue weighted by Gasteiger charge is -2.25. The van der Waals surface area contributed by atoms with Crippen LogP contribution >= 0.6 is 11.8 Å². The van der Waals surface area contributed by atoms with Crippen LogP contribution in [0, 0.1) is 6.92 Å². The maximum absolute atomic E-state index is 6.02. The van der Waals surface area contributed by atoms with Gasteiger partial charge < -0.3 is 15.0 Å². The molecule has 0 fully saturated rings. The molecule has 3 aromatic rings. The molecule has 2 N–H and O–H groups in total. The van der Waals surface area contributed by atoms with Crippen LogP contribution in [0.2, 0.25) is 0 Å². The van der Waals surface area contributed by atoms with Crippen LogP contribution in [-0.4, -0.2) is 17.2 Å². The summed E-state index contributed by atoms with van der Waals surface area (Å²) in [4.78, 5) is 2.56. The highest BCUT2D eigenvalue weighted by atomic mass is 32.2. The molecule has 2 heterocycles. The Morgan fingerprint density at radius 2 is 2.00 bits per heavy atom. The van der Waals surface area contributed by atoms with E-state index in [0.717, 1.165) is 12.3 Å². The lowest BCUT2D eigenvalue weighted by Crippen LogP contribution is -2.34. The zero-order valence-corrected chi connectivity index (χ0v) is 13.3. The molecule has 0 aliphatic carbocycles. The largest absolute Gasteiger partial charge is 0.485 e. The van der Waals surface area contributed by atoms with Gasteiger partial charge in [0.15, 0.2) is 0 Å². The second kappa shape index (κ2) is 5.38. The monoisotopic (exact) mass is 310 g/mol. The van der Waals surface area contributed by atoms with E-state index in [1.807, 2.05) is 23.9 Å². The number of para-hydroxylation sites is 1. The molecule has 1 aliphatic heterocycles. The van der Waals surface area contributed by atoms with Gasteiger partial charge in [-0.1, -0.05) is 42.1 Å². The predicted molar refractivity (Wildman–Crippen MR) is 90.7 cm³/mol. The van der Waals surface area contributed by atoms with Crippen molar-refractivity contribution in [2.45, 2.75) is 29.4 Å². The van der Waals surface area contributed by atoms with Gasteiger partial charge in [0.2, 0.25) is 0 Å². The molecule has 0 saturated carbocycles. The third kappa shape index (κ3) is 2.11. The Balaban J connectivity index is 1.88. The van der Waals surface area contributed by atoms with Gasteiger partial charge in [-0.05, 0) is 25.1 Å². The van der Waals surface area contributed by atoms with Crippen LogP contribution in [0.3, 0.4) is 0 Å². The SMILES string of the molecule is Cc1c(Sc2ccccc2)c2cccc3c2n1CC(CN)O3. The lowest BCUT2D eigenvalue weighted by atomic mass is 10.2. The topological polar surface area (TPSA) is 40.2 Å². The van der Waals surface area contributed by atoms with E-state index in [2.05, 4.69) is 47.9 Å². The Labute approximate surface area is 134 Å². The quantitative estimate of drug-likeness (QED) is 0.799. The van der Waals surface area contributed by atoms with Crippen LogP contribution in [0.25, 0.3) is 10.9 Å². The highest BCUT2D eigenvalue weighted by molar-refractivity contribution is 7.99. The van der Waals surface area contributed by atoms with Crippen molar-refractivity contribution < 1.29 is 4.74 Å². The van der Waals surface area contributed by atoms with Crippen molar-refractivity contribution in [3.8, 4) is 5.75 Å². The number of hydrogen-bond acceptors (Lipinski definition) is 3. The van der Waals surface area contributed by atoms with Gasteiger partial charge in [0.05, 0.1) is 12.1 Å². The molecule has 3 nitrogen and oxygen atoms in total. The van der Waals surface area contributed by atoms with Crippen molar-refractivity contribution in [2.24, 2.45) is 5.73 Å². The summed E-state index contributed by atoms with van der Waals surface area (Å²) in [7, 11) is 0. The van der Waals surface area contributed by atoms with Gasteiger partial charge in [0.1, 0.15) is 11.9 Å². The maximum Gasteiger partial charge on any atom is 0.144 e. The second-order valence-corrected chi connectivity index (χ2v) is 6.65. The fourth-order valence-corrected chi connectivity index (χ4v) is 4.13. The number of aromatic nitrogens is 1. The van der Waals surface area contributed by atoms with Crippen molar-refractivity contribution in [3.05, 3.63) is 54.2 Å². The van der Waals surface area contributed by atoms with Gasteiger partial charge >= 0.3 is 0 Å². The molecular formula is C18H18N2OS. The second-order valence-electron chi connectivity index (χ2n) is 5.57. The van der Waals surface area contributed by atoms with Gasteiger partial charge in [0.25, 0.3) is 0 Å². The maximum atomic E-state index is 6.02. The Morgan fingerprint density at radius 3 is 2.77 bits per heavy atom. The number of nitrogens with two attached hydrogens (primary N) is 1. The molecule has 0 amide bonds. The number of benzene rings is 2. The fraction of sp³-hybridized carbons (Fsp3) is 0.222. The summed E-state index contributed by atoms with van der Waals surface area (Å²) >= 11 is 1.82. The molecule has 1 unspecified atom stereocenters. The zero-order chi connectivity index (χ0) is 15.1. The minimum absolute atomic E-state index is 0.0544. The van der Waals surface area contributed by atoms with E-state index >= 15 is 0 Å². The molecule has 22 heavy (non-hydrogen) atoms. The average molecular weight is 310 g/mol. The van der Waals surface area contributed by atoms with Crippen LogP contribution in [0.5, 0.6) is 5.75 Å². The smallest absolute Gasteiger partial charge is 0.144 e. The van der Waals surface area contributed by atoms with Crippen molar-refractivity contribution in [1.82, 2.24) is 4.57 Å². The molecule has 2 aromatic carbocycles. The molecule has 1 aliphatic rings. The van der Waals surface area contributed by atoms with Crippen LogP contribution < -0.4 is 10.5 Å². The van der Waals surface area contributed by atoms with E-state index in [1.54, 1.807) is 0 Å². The van der Waals surface area contributed by atoms with E-state index in [9.17, 15) is 0 Å². The Bertz CT molecular complexity index is 826. The molecule has 0 bridgehead atoms. The van der Waals surface area contributed by atoms with E-state index in [0.29, 0.717) is 6.54 Å². The van der Waals surface area contributed by atoms with Crippen molar-refractivity contribution in [3.63, 3.8) is 0 Å². The van der Waals surface area contributed by atoms with Crippen LogP contribution in [-0.2, 0) is 6.54 Å². The Kier molecular flexibility index (Phi) is 3.36. The summed E-state index contributed by atoms with van der Waals surface area (Å²) < 4.78 is 8.37. The molecular weight excluding hydrogens is 292 g/mol. The molecule has 1 aromatic heterocycles. The predicted octanol–water partition coefficient (Wildman–Crippen LogP) is 3.82. The molecule has 4 heteroatoms. The molecule has 0 spiro atoms. The standard InChI is InChI=1S/C18H18N2OS/c1-12-18(22-14-6-3-2-4-7-14)15-8-5-9-16-17(15)20(12)11-13(10-19)21-16/h2-9,13H,10-11,19H2,1H3. The highest BCUT2D eigenvalue weighted by Crippen LogP contribution is 2.42. The minimum atomic E-state index is 0.0544. The summed E-state index contributed by atoms with van der Waals surface area (Å²) in [6.07, 6.45) is 0.0544. The van der Waals surface area contributed by atoms with Gasteiger partial charge in [-0.3, -0.25) is 0 Å². The summed E-state index contributed by atoms with van der Waals surface area (Å²) in [5, 5.41) is 1.26. The number of ether oxygens (including phenoxy) is 1. The third-order valence-electron chi connectivity index (χ3n) is 4.15. The minimum Gasteiger partial charge on any atom is -0.485 e. The number of hydrogen-bond donors (Lipinski definition) is 1. The zero-order valence-electron chi connectivity index (χ0n) is 12.5. The molecule has 112 valence electrons. The first-order valence-electron chi connectivity index (χ1n) is 7.49. The summed E-state index contributed by atoms with van der Waals surface area (Å²) in [6.45, 7) is 3.55. The van der Waals surface area contributed by atoms with Crippen LogP contribution in [0.15, 0.2) is 58.3 Å². The first-order chi connectivity index (χ1) is 10.8. The number of nitrogens with zero attached hydrogens (tertiary/aromatic N) is 1. The third-order valence-corrected chi connectivity index (χ3v) is 5.38. The molecule has 0 radical (unpaired) electrons. The molecule has 1 atom stereocenters. The van der Waals surface area contributed by atoms with E-state index in [4.69, 9.17) is 10.5 Å². The van der Waals surface area contributed by atoms with Crippen molar-refractivity contribution in [2.75, 3.05) is 6.54 Å². The number of rotatable bonds is 3. The molecule has 0 saturated heterocycles. The first kappa shape index (κ1) is 13.7. The van der Waals surface area contributed by atoms with Gasteiger partial charge in [-0.15, -0.1) is 0 Å². The normalized spacial score (nSPS) is 16.7. The van der Waals surface area contributed by atoms with Gasteiger partial charge in [-0.2, -0.15) is 0 Å². The summed E-state index contributed by atoms with van der Waals surface area (Å²) in [6, 6.07) is 16.8. The van der Waals surface area contributed by atoms with Gasteiger partial charge in [0, 0.05) is 27.4 Å². The van der Waals surface area contributed by atoms with Crippen molar-refractivity contribution >= 4 is 22.7 Å². The fourth-order valence-electron chi connectivity index (χ4n) is 3.07. The summed E-state index contributed by atoms with van der Waals surface area (Å²) in [5.41, 5.74) is 8.31. The van der Waals surface area contributed by atoms with E-state index in [1.165, 1.54) is 26.4 Å². The average Bonchev–Trinajstić information content (AvgIpc) is 2.83. The Morgan fingerprint density at radius 1 is 1.18 bits per heavy atom. The highest BCUT2D eigenvalue weighted by Gasteiger charge is 2.25. The first-order valence-corrected chi connectivity index (χ1v) is 8.31. The summed E-state index contributed by atoms with van der Waals surface area (Å²) in [5.74, 6) is 0.946. The Hall–Kier alpha value is -1.91. The van der Waals surface area contributed by atoms with Crippen LogP contribution in [0.4, 0.5) is 0 Å². The van der Waals surface area contributed by atoms with E-state index in [-0.39, 0.29) is 6.10 Å².